The van der Waals surface area contributed by atoms with E-state index in [1.807, 2.05) is 41.3 Å². The van der Waals surface area contributed by atoms with Gasteiger partial charge in [0.05, 0.1) is 17.6 Å². The van der Waals surface area contributed by atoms with Crippen LogP contribution in [0.15, 0.2) is 53.0 Å². The number of piperidine rings is 1. The lowest BCUT2D eigenvalue weighted by molar-refractivity contribution is 0.197. The Hall–Kier alpha value is -2.73. The number of aromatic nitrogens is 2. The van der Waals surface area contributed by atoms with Crippen LogP contribution in [-0.2, 0) is 36.1 Å². The summed E-state index contributed by atoms with van der Waals surface area (Å²) < 4.78 is 29.3. The summed E-state index contributed by atoms with van der Waals surface area (Å²) in [7, 11) is -3.28. The Kier molecular flexibility index (Phi) is 7.73. The maximum atomic E-state index is 12.7. The summed E-state index contributed by atoms with van der Waals surface area (Å²) in [6.07, 6.45) is 4.81. The van der Waals surface area contributed by atoms with E-state index in [4.69, 9.17) is 5.10 Å². The number of carbonyl (C=O) groups excluding carboxylic acids is 1. The molecule has 3 aliphatic rings. The van der Waals surface area contributed by atoms with E-state index < -0.39 is 10.0 Å². The van der Waals surface area contributed by atoms with Crippen molar-refractivity contribution in [1.82, 2.24) is 24.3 Å². The van der Waals surface area contributed by atoms with Gasteiger partial charge >= 0.3 is 6.03 Å². The summed E-state index contributed by atoms with van der Waals surface area (Å²) in [4.78, 5) is 17.2. The Balaban J connectivity index is 1.11. The van der Waals surface area contributed by atoms with Gasteiger partial charge in [-0.3, -0.25) is 9.58 Å². The molecule has 0 atom stereocenters. The number of amides is 2. The minimum absolute atomic E-state index is 0.0108. The molecule has 0 bridgehead atoms. The number of rotatable bonds is 7. The molecule has 0 aliphatic carbocycles. The normalized spacial score (nSPS) is 18.9. The Bertz CT molecular complexity index is 1500. The molecule has 212 valence electrons. The zero-order valence-corrected chi connectivity index (χ0v) is 25.1. The average Bonchev–Trinajstić information content (AvgIpc) is 3.31. The van der Waals surface area contributed by atoms with Gasteiger partial charge in [-0.2, -0.15) is 9.40 Å². The highest BCUT2D eigenvalue weighted by molar-refractivity contribution is 9.10. The fourth-order valence-electron chi connectivity index (χ4n) is 6.24. The minimum atomic E-state index is -3.28. The summed E-state index contributed by atoms with van der Waals surface area (Å²) >= 11 is 3.50. The molecule has 0 unspecified atom stereocenters. The zero-order valence-electron chi connectivity index (χ0n) is 22.7. The standard InChI is InChI=1S/C29H35BrN6O3S/c1-40(38,39)34-18-13-27-25(20-34)28(21-7-9-23(30)10-8-21)32-35(27)15-4-14-33-16-11-24(12-17-33)36-26-6-3-2-5-22(26)19-31-29(36)37/h2-3,5-10,24H,4,11-20H2,1H3,(H,31,37). The van der Waals surface area contributed by atoms with Crippen LogP contribution in [0.2, 0.25) is 0 Å². The SMILES string of the molecule is CS(=O)(=O)N1CCc2c(c(-c3ccc(Br)cc3)nn2CCCN2CCC(N3C(=O)NCc4ccccc43)CC2)C1. The number of fused-ring (bicyclic) bond motifs is 2. The van der Waals surface area contributed by atoms with Crippen molar-refractivity contribution >= 4 is 37.7 Å². The number of hydrogen-bond acceptors (Lipinski definition) is 5. The molecular formula is C29H35BrN6O3S. The van der Waals surface area contributed by atoms with Crippen LogP contribution in [0.1, 0.15) is 36.1 Å². The van der Waals surface area contributed by atoms with Gasteiger partial charge in [0, 0.05) is 73.0 Å². The van der Waals surface area contributed by atoms with Crippen molar-refractivity contribution < 1.29 is 13.2 Å². The van der Waals surface area contributed by atoms with Crippen LogP contribution in [-0.4, -0.2) is 71.9 Å². The molecule has 4 heterocycles. The van der Waals surface area contributed by atoms with Crippen LogP contribution in [0.3, 0.4) is 0 Å². The van der Waals surface area contributed by atoms with Gasteiger partial charge in [-0.25, -0.2) is 13.2 Å². The molecule has 3 aliphatic heterocycles. The Morgan fingerprint density at radius 3 is 2.52 bits per heavy atom. The number of nitrogens with one attached hydrogen (secondary N) is 1. The van der Waals surface area contributed by atoms with E-state index in [0.717, 1.165) is 78.1 Å². The summed E-state index contributed by atoms with van der Waals surface area (Å²) in [5, 5.41) is 8.03. The first kappa shape index (κ1) is 27.4. The van der Waals surface area contributed by atoms with Gasteiger partial charge in [-0.05, 0) is 49.6 Å². The van der Waals surface area contributed by atoms with E-state index in [-0.39, 0.29) is 12.1 Å². The summed E-state index contributed by atoms with van der Waals surface area (Å²) in [6.45, 7) is 5.12. The number of aryl methyl sites for hydroxylation is 1. The Morgan fingerprint density at radius 2 is 1.77 bits per heavy atom. The third-order valence-corrected chi connectivity index (χ3v) is 10.1. The van der Waals surface area contributed by atoms with Crippen LogP contribution in [0.25, 0.3) is 11.3 Å². The van der Waals surface area contributed by atoms with Gasteiger partial charge in [0.2, 0.25) is 10.0 Å². The van der Waals surface area contributed by atoms with E-state index in [1.54, 1.807) is 4.31 Å². The number of nitrogens with zero attached hydrogens (tertiary/aromatic N) is 5. The lowest BCUT2D eigenvalue weighted by Crippen LogP contribution is -2.53. The van der Waals surface area contributed by atoms with Crippen LogP contribution in [0.5, 0.6) is 0 Å². The lowest BCUT2D eigenvalue weighted by Gasteiger charge is -2.41. The number of para-hydroxylation sites is 1. The molecule has 1 N–H and O–H groups in total. The van der Waals surface area contributed by atoms with E-state index >= 15 is 0 Å². The van der Waals surface area contributed by atoms with E-state index in [0.29, 0.717) is 26.1 Å². The zero-order chi connectivity index (χ0) is 27.9. The predicted molar refractivity (Wildman–Crippen MR) is 160 cm³/mol. The molecule has 0 saturated carbocycles. The lowest BCUT2D eigenvalue weighted by atomic mass is 10.00. The first-order valence-electron chi connectivity index (χ1n) is 13.9. The number of sulfonamides is 1. The van der Waals surface area contributed by atoms with E-state index in [1.165, 1.54) is 11.8 Å². The molecule has 0 radical (unpaired) electrons. The molecule has 2 aromatic carbocycles. The monoisotopic (exact) mass is 626 g/mol. The molecule has 3 aromatic rings. The van der Waals surface area contributed by atoms with Gasteiger partial charge in [-0.15, -0.1) is 0 Å². The van der Waals surface area contributed by atoms with E-state index in [9.17, 15) is 13.2 Å². The second-order valence-corrected chi connectivity index (χ2v) is 13.8. The van der Waals surface area contributed by atoms with Gasteiger partial charge in [0.15, 0.2) is 0 Å². The third-order valence-electron chi connectivity index (χ3n) is 8.35. The smallest absolute Gasteiger partial charge is 0.322 e. The van der Waals surface area contributed by atoms with E-state index in [2.05, 4.69) is 43.0 Å². The molecule has 1 aromatic heterocycles. The minimum Gasteiger partial charge on any atom is -0.334 e. The summed E-state index contributed by atoms with van der Waals surface area (Å²) in [5.74, 6) is 0. The Labute approximate surface area is 244 Å². The number of halogens is 1. The maximum absolute atomic E-state index is 12.7. The second kappa shape index (κ2) is 11.3. The molecule has 9 nitrogen and oxygen atoms in total. The quantitative estimate of drug-likeness (QED) is 0.424. The van der Waals surface area contributed by atoms with Crippen molar-refractivity contribution in [3.05, 3.63) is 69.8 Å². The van der Waals surface area contributed by atoms with Crippen molar-refractivity contribution in [3.63, 3.8) is 0 Å². The molecule has 1 saturated heterocycles. The van der Waals surface area contributed by atoms with Crippen molar-refractivity contribution in [1.29, 1.82) is 0 Å². The van der Waals surface area contributed by atoms with Crippen molar-refractivity contribution in [2.24, 2.45) is 0 Å². The molecule has 40 heavy (non-hydrogen) atoms. The van der Waals surface area contributed by atoms with Gasteiger partial charge in [-0.1, -0.05) is 46.3 Å². The van der Waals surface area contributed by atoms with Crippen LogP contribution < -0.4 is 10.2 Å². The van der Waals surface area contributed by atoms with Crippen molar-refractivity contribution in [2.75, 3.05) is 37.3 Å². The molecule has 2 amide bonds. The molecular weight excluding hydrogens is 592 g/mol. The second-order valence-electron chi connectivity index (χ2n) is 10.9. The fourth-order valence-corrected chi connectivity index (χ4v) is 7.29. The first-order valence-corrected chi connectivity index (χ1v) is 16.6. The molecule has 11 heteroatoms. The predicted octanol–water partition coefficient (Wildman–Crippen LogP) is 4.21. The van der Waals surface area contributed by atoms with Gasteiger partial charge in [0.25, 0.3) is 0 Å². The van der Waals surface area contributed by atoms with Crippen molar-refractivity contribution in [3.8, 4) is 11.3 Å². The number of anilines is 1. The number of likely N-dealkylation sites (tertiary alicyclic amines) is 1. The highest BCUT2D eigenvalue weighted by Crippen LogP contribution is 2.33. The number of benzene rings is 2. The highest BCUT2D eigenvalue weighted by Gasteiger charge is 2.33. The third kappa shape index (κ3) is 5.57. The maximum Gasteiger partial charge on any atom is 0.322 e. The summed E-state index contributed by atoms with van der Waals surface area (Å²) in [6, 6.07) is 16.4. The number of urea groups is 1. The van der Waals surface area contributed by atoms with Gasteiger partial charge < -0.3 is 10.2 Å². The van der Waals surface area contributed by atoms with Crippen LogP contribution >= 0.6 is 15.9 Å². The first-order chi connectivity index (χ1) is 19.3. The molecule has 1 fully saturated rings. The highest BCUT2D eigenvalue weighted by atomic mass is 79.9. The molecule has 0 spiro atoms. The van der Waals surface area contributed by atoms with Crippen molar-refractivity contribution in [2.45, 2.75) is 51.4 Å². The average molecular weight is 628 g/mol. The number of hydrogen-bond donors (Lipinski definition) is 1. The topological polar surface area (TPSA) is 90.8 Å². The summed E-state index contributed by atoms with van der Waals surface area (Å²) in [5.41, 5.74) is 6.25. The van der Waals surface area contributed by atoms with Crippen LogP contribution in [0.4, 0.5) is 10.5 Å². The number of carbonyl (C=O) groups is 1. The fraction of sp³-hybridized carbons (Fsp3) is 0.448. The van der Waals surface area contributed by atoms with Gasteiger partial charge in [0.1, 0.15) is 0 Å². The molecule has 6 rings (SSSR count). The largest absolute Gasteiger partial charge is 0.334 e. The Morgan fingerprint density at radius 1 is 1.02 bits per heavy atom. The van der Waals surface area contributed by atoms with Crippen LogP contribution in [0, 0.1) is 0 Å².